The van der Waals surface area contributed by atoms with Crippen molar-refractivity contribution in [3.8, 4) is 0 Å². The van der Waals surface area contributed by atoms with Crippen molar-refractivity contribution in [2.45, 2.75) is 43.3 Å². The zero-order valence-electron chi connectivity index (χ0n) is 24.9. The van der Waals surface area contributed by atoms with Crippen LogP contribution in [0.25, 0.3) is 6.08 Å². The van der Waals surface area contributed by atoms with Gasteiger partial charge < -0.3 is 9.80 Å². The van der Waals surface area contributed by atoms with Crippen molar-refractivity contribution in [2.24, 2.45) is 4.99 Å². The minimum absolute atomic E-state index is 0.0145. The van der Waals surface area contributed by atoms with Crippen molar-refractivity contribution in [3.05, 3.63) is 125 Å². The number of hydrogen-bond acceptors (Lipinski definition) is 6. The summed E-state index contributed by atoms with van der Waals surface area (Å²) >= 11 is 0. The van der Waals surface area contributed by atoms with Gasteiger partial charge in [-0.15, -0.1) is 0 Å². The van der Waals surface area contributed by atoms with E-state index in [1.54, 1.807) is 0 Å². The van der Waals surface area contributed by atoms with Gasteiger partial charge in [0.1, 0.15) is 11.8 Å². The van der Waals surface area contributed by atoms with Crippen LogP contribution in [0.2, 0.25) is 0 Å². The van der Waals surface area contributed by atoms with E-state index in [9.17, 15) is 0 Å². The molecular formula is C35H42N6. The average Bonchev–Trinajstić information content (AvgIpc) is 3.57. The maximum Gasteiger partial charge on any atom is 0.133 e. The Morgan fingerprint density at radius 1 is 0.829 bits per heavy atom. The molecule has 1 aliphatic carbocycles. The third kappa shape index (κ3) is 4.70. The Morgan fingerprint density at radius 2 is 1.41 bits per heavy atom. The average molecular weight is 547 g/mol. The van der Waals surface area contributed by atoms with Crippen LogP contribution in [-0.4, -0.2) is 72.5 Å². The fourth-order valence-corrected chi connectivity index (χ4v) is 7.23. The minimum Gasteiger partial charge on any atom is -0.344 e. The Balaban J connectivity index is 1.66. The first kappa shape index (κ1) is 27.5. The summed E-state index contributed by atoms with van der Waals surface area (Å²) in [6.07, 6.45) is 10.0. The standard InChI is InChI=1S/C35H42N6/c1-6-23-40-25-36-30-24-41(31-22-21-26-15-13-14-20-29(26)31)35(37-34(30)40,32(38(2)3)27-16-9-7-10-17-27)33(39(4)5)28-18-11-8-12-19-28/h7-22,24-25,31-34,37H,6,23H2,1-5H3. The van der Waals surface area contributed by atoms with Gasteiger partial charge in [-0.25, -0.2) is 4.99 Å². The zero-order valence-corrected chi connectivity index (χ0v) is 24.9. The van der Waals surface area contributed by atoms with E-state index in [0.29, 0.717) is 0 Å². The van der Waals surface area contributed by atoms with Gasteiger partial charge in [0, 0.05) is 12.7 Å². The Hall–Kier alpha value is -3.71. The molecule has 4 atom stereocenters. The summed E-state index contributed by atoms with van der Waals surface area (Å²) < 4.78 is 0. The number of nitrogens with one attached hydrogen (secondary N) is 1. The topological polar surface area (TPSA) is 37.4 Å². The van der Waals surface area contributed by atoms with Gasteiger partial charge in [-0.3, -0.25) is 15.1 Å². The minimum atomic E-state index is -0.601. The Bertz CT molecular complexity index is 1380. The molecule has 0 saturated carbocycles. The number of nitrogens with zero attached hydrogens (tertiary/aromatic N) is 5. The quantitative estimate of drug-likeness (QED) is 0.363. The van der Waals surface area contributed by atoms with Crippen LogP contribution in [0.3, 0.4) is 0 Å². The normalized spacial score (nSPS) is 24.5. The summed E-state index contributed by atoms with van der Waals surface area (Å²) in [6.45, 7) is 3.17. The van der Waals surface area contributed by atoms with Crippen molar-refractivity contribution >= 4 is 12.4 Å². The number of rotatable bonds is 9. The number of hydrogen-bond donors (Lipinski definition) is 1. The lowest BCUT2D eigenvalue weighted by Gasteiger charge is -2.61. The molecule has 0 amide bonds. The third-order valence-corrected chi connectivity index (χ3v) is 8.68. The third-order valence-electron chi connectivity index (χ3n) is 8.68. The van der Waals surface area contributed by atoms with Crippen LogP contribution in [0.1, 0.15) is 53.7 Å². The molecule has 212 valence electrons. The zero-order chi connectivity index (χ0) is 28.6. The molecule has 6 heteroatoms. The van der Waals surface area contributed by atoms with Crippen molar-refractivity contribution in [1.29, 1.82) is 0 Å². The summed E-state index contributed by atoms with van der Waals surface area (Å²) in [5.41, 5.74) is 5.59. The lowest BCUT2D eigenvalue weighted by molar-refractivity contribution is -0.0813. The van der Waals surface area contributed by atoms with E-state index >= 15 is 0 Å². The highest BCUT2D eigenvalue weighted by Crippen LogP contribution is 2.52. The van der Waals surface area contributed by atoms with E-state index in [2.05, 4.69) is 163 Å². The number of likely N-dealkylation sites (N-methyl/N-ethyl adjacent to an activating group) is 2. The smallest absolute Gasteiger partial charge is 0.133 e. The van der Waals surface area contributed by atoms with Crippen LogP contribution in [0.4, 0.5) is 0 Å². The molecule has 2 aliphatic heterocycles. The van der Waals surface area contributed by atoms with Crippen LogP contribution in [-0.2, 0) is 0 Å². The molecule has 0 fully saturated rings. The van der Waals surface area contributed by atoms with Crippen LogP contribution < -0.4 is 5.32 Å². The number of benzene rings is 3. The first-order valence-electron chi connectivity index (χ1n) is 14.7. The Kier molecular flexibility index (Phi) is 7.56. The SMILES string of the molecule is CCCN1C=NC2=CN(C3C=Cc4ccccc43)C(C(c3ccccc3)N(C)C)(C(c3ccccc3)N(C)C)NC21. The molecule has 3 aromatic rings. The highest BCUT2D eigenvalue weighted by molar-refractivity contribution is 5.64. The molecule has 1 N–H and O–H groups in total. The summed E-state index contributed by atoms with van der Waals surface area (Å²) in [4.78, 5) is 14.7. The highest BCUT2D eigenvalue weighted by Gasteiger charge is 2.58. The fourth-order valence-electron chi connectivity index (χ4n) is 7.23. The number of fused-ring (bicyclic) bond motifs is 2. The van der Waals surface area contributed by atoms with Gasteiger partial charge >= 0.3 is 0 Å². The maximum atomic E-state index is 4.96. The lowest BCUT2D eigenvalue weighted by atomic mass is 9.78. The number of aliphatic imine (C=N–C) groups is 1. The molecule has 3 aromatic carbocycles. The van der Waals surface area contributed by atoms with E-state index < -0.39 is 5.66 Å². The molecular weight excluding hydrogens is 504 g/mol. The Labute approximate surface area is 245 Å². The van der Waals surface area contributed by atoms with Gasteiger partial charge in [-0.1, -0.05) is 104 Å². The van der Waals surface area contributed by atoms with Crippen LogP contribution in [0.15, 0.2) is 108 Å². The molecule has 0 aromatic heterocycles. The second kappa shape index (κ2) is 11.3. The van der Waals surface area contributed by atoms with E-state index in [0.717, 1.165) is 18.7 Å². The largest absolute Gasteiger partial charge is 0.344 e. The molecule has 0 spiro atoms. The van der Waals surface area contributed by atoms with Crippen LogP contribution >= 0.6 is 0 Å². The highest BCUT2D eigenvalue weighted by atomic mass is 15.5. The summed E-state index contributed by atoms with van der Waals surface area (Å²) in [6, 6.07) is 30.8. The van der Waals surface area contributed by atoms with Crippen LogP contribution in [0, 0.1) is 0 Å². The molecule has 0 radical (unpaired) electrons. The van der Waals surface area contributed by atoms with Gasteiger partial charge in [0.2, 0.25) is 0 Å². The fraction of sp³-hybridized carbons (Fsp3) is 0.343. The molecule has 2 heterocycles. The predicted molar refractivity (Wildman–Crippen MR) is 169 cm³/mol. The molecule has 6 rings (SSSR count). The van der Waals surface area contributed by atoms with Gasteiger partial charge in [-0.05, 0) is 56.9 Å². The van der Waals surface area contributed by atoms with Crippen molar-refractivity contribution in [3.63, 3.8) is 0 Å². The van der Waals surface area contributed by atoms with Crippen LogP contribution in [0.5, 0.6) is 0 Å². The van der Waals surface area contributed by atoms with Crippen molar-refractivity contribution in [1.82, 2.24) is 24.9 Å². The maximum absolute atomic E-state index is 4.96. The van der Waals surface area contributed by atoms with E-state index in [4.69, 9.17) is 4.99 Å². The van der Waals surface area contributed by atoms with Crippen molar-refractivity contribution < 1.29 is 0 Å². The monoisotopic (exact) mass is 546 g/mol. The molecule has 6 nitrogen and oxygen atoms in total. The van der Waals surface area contributed by atoms with E-state index in [-0.39, 0.29) is 24.3 Å². The second-order valence-electron chi connectivity index (χ2n) is 11.8. The summed E-state index contributed by atoms with van der Waals surface area (Å²) in [5.74, 6) is 0. The molecule has 41 heavy (non-hydrogen) atoms. The molecule has 0 saturated heterocycles. The van der Waals surface area contributed by atoms with Gasteiger partial charge in [0.15, 0.2) is 0 Å². The molecule has 0 bridgehead atoms. The van der Waals surface area contributed by atoms with Gasteiger partial charge in [0.25, 0.3) is 0 Å². The molecule has 4 unspecified atom stereocenters. The Morgan fingerprint density at radius 3 is 2.00 bits per heavy atom. The van der Waals surface area contributed by atoms with Crippen molar-refractivity contribution in [2.75, 3.05) is 34.7 Å². The lowest BCUT2D eigenvalue weighted by Crippen LogP contribution is -2.74. The first-order chi connectivity index (χ1) is 20.0. The summed E-state index contributed by atoms with van der Waals surface area (Å²) in [5, 5.41) is 4.32. The van der Waals surface area contributed by atoms with Gasteiger partial charge in [-0.2, -0.15) is 0 Å². The summed E-state index contributed by atoms with van der Waals surface area (Å²) in [7, 11) is 8.85. The van der Waals surface area contributed by atoms with E-state index in [1.807, 2.05) is 6.34 Å². The predicted octanol–water partition coefficient (Wildman–Crippen LogP) is 5.88. The van der Waals surface area contributed by atoms with E-state index in [1.165, 1.54) is 22.3 Å². The second-order valence-corrected chi connectivity index (χ2v) is 11.8. The molecule has 3 aliphatic rings. The first-order valence-corrected chi connectivity index (χ1v) is 14.7. The van der Waals surface area contributed by atoms with Gasteiger partial charge in [0.05, 0.1) is 30.2 Å².